The molecule has 0 spiro atoms. The average molecular weight is 993 g/mol. The second kappa shape index (κ2) is 17.4. The smallest absolute Gasteiger partial charge is 0.0497 e. The first-order chi connectivity index (χ1) is 38.6. The zero-order valence-corrected chi connectivity index (χ0v) is 43.6. The van der Waals surface area contributed by atoms with Crippen LogP contribution >= 0.6 is 0 Å². The molecule has 16 aromatic rings. The minimum absolute atomic E-state index is 0.887. The Morgan fingerprint density at radius 1 is 0.231 bits per heavy atom. The summed E-state index contributed by atoms with van der Waals surface area (Å²) >= 11 is 0. The lowest BCUT2D eigenvalue weighted by atomic mass is 9.81. The van der Waals surface area contributed by atoms with Crippen LogP contribution in [0.15, 0.2) is 255 Å². The van der Waals surface area contributed by atoms with Crippen molar-refractivity contribution in [2.24, 2.45) is 0 Å². The topological polar surface area (TPSA) is 9.86 Å². The molecule has 0 aliphatic carbocycles. The van der Waals surface area contributed by atoms with E-state index in [-0.39, 0.29) is 0 Å². The average Bonchev–Trinajstić information content (AvgIpc) is 4.16. The minimum Gasteiger partial charge on any atom is -0.341 e. The van der Waals surface area contributed by atoms with Crippen molar-refractivity contribution in [3.05, 3.63) is 255 Å². The van der Waals surface area contributed by atoms with Crippen LogP contribution in [0.5, 0.6) is 0 Å². The summed E-state index contributed by atoms with van der Waals surface area (Å²) in [6.07, 6.45) is 0. The van der Waals surface area contributed by atoms with Gasteiger partial charge in [-0.15, -0.1) is 0 Å². The Balaban J connectivity index is 1.09. The molecular formula is C76H52N2. The highest BCUT2D eigenvalue weighted by molar-refractivity contribution is 6.30. The van der Waals surface area contributed by atoms with E-state index in [1.54, 1.807) is 0 Å². The number of fused-ring (bicyclic) bond motifs is 12. The van der Waals surface area contributed by atoms with E-state index in [1.807, 2.05) is 0 Å². The maximum atomic E-state index is 2.54. The number of rotatable bonds is 7. The first-order valence-corrected chi connectivity index (χ1v) is 27.6. The van der Waals surface area contributed by atoms with Crippen molar-refractivity contribution in [1.82, 2.24) is 9.13 Å². The van der Waals surface area contributed by atoms with E-state index < -0.39 is 0 Å². The maximum Gasteiger partial charge on any atom is 0.0497 e. The first-order valence-electron chi connectivity index (χ1n) is 27.6. The molecule has 0 saturated heterocycles. The third kappa shape index (κ3) is 6.50. The van der Waals surface area contributed by atoms with Crippen molar-refractivity contribution in [2.75, 3.05) is 0 Å². The molecule has 2 heterocycles. The highest BCUT2D eigenvalue weighted by Crippen LogP contribution is 2.51. The molecule has 0 aliphatic heterocycles. The van der Waals surface area contributed by atoms with E-state index in [4.69, 9.17) is 0 Å². The Kier molecular flexibility index (Phi) is 9.93. The fourth-order valence-corrected chi connectivity index (χ4v) is 13.9. The molecule has 366 valence electrons. The molecular weight excluding hydrogens is 941 g/mol. The summed E-state index contributed by atoms with van der Waals surface area (Å²) < 4.78 is 4.96. The van der Waals surface area contributed by atoms with Gasteiger partial charge >= 0.3 is 0 Å². The van der Waals surface area contributed by atoms with Gasteiger partial charge in [-0.05, 0) is 183 Å². The molecule has 0 saturated carbocycles. The molecule has 14 aromatic carbocycles. The molecule has 0 unspecified atom stereocenters. The van der Waals surface area contributed by atoms with Crippen LogP contribution < -0.4 is 0 Å². The van der Waals surface area contributed by atoms with Gasteiger partial charge in [-0.3, -0.25) is 0 Å². The van der Waals surface area contributed by atoms with Crippen LogP contribution in [0.3, 0.4) is 0 Å². The molecule has 0 fully saturated rings. The minimum atomic E-state index is 0.887. The molecule has 2 nitrogen and oxygen atoms in total. The summed E-state index contributed by atoms with van der Waals surface area (Å²) in [5.74, 6) is 0. The molecule has 16 rings (SSSR count). The second-order valence-electron chi connectivity index (χ2n) is 21.2. The van der Waals surface area contributed by atoms with Gasteiger partial charge in [-0.2, -0.15) is 0 Å². The molecule has 2 heteroatoms. The lowest BCUT2D eigenvalue weighted by Gasteiger charge is -2.22. The van der Waals surface area contributed by atoms with Crippen LogP contribution in [0.4, 0.5) is 0 Å². The molecule has 2 aromatic heterocycles. The van der Waals surface area contributed by atoms with Gasteiger partial charge in [0, 0.05) is 56.7 Å². The van der Waals surface area contributed by atoms with Gasteiger partial charge in [-0.25, -0.2) is 0 Å². The monoisotopic (exact) mass is 992 g/mol. The predicted molar refractivity (Wildman–Crippen MR) is 336 cm³/mol. The van der Waals surface area contributed by atoms with Crippen molar-refractivity contribution < 1.29 is 0 Å². The van der Waals surface area contributed by atoms with Gasteiger partial charge in [0.05, 0.1) is 0 Å². The van der Waals surface area contributed by atoms with E-state index in [1.165, 1.54) is 164 Å². The first kappa shape index (κ1) is 44.5. The zero-order valence-electron chi connectivity index (χ0n) is 43.6. The van der Waals surface area contributed by atoms with Gasteiger partial charge in [0.25, 0.3) is 0 Å². The molecule has 0 N–H and O–H groups in total. The summed E-state index contributed by atoms with van der Waals surface area (Å²) in [4.78, 5) is 0. The highest BCUT2D eigenvalue weighted by Gasteiger charge is 2.25. The molecule has 0 radical (unpaired) electrons. The second-order valence-corrected chi connectivity index (χ2v) is 21.2. The molecule has 0 atom stereocenters. The number of aryl methyl sites for hydroxylation is 2. The molecule has 0 aliphatic rings. The Hall–Kier alpha value is -9.76. The van der Waals surface area contributed by atoms with Crippen LogP contribution in [0.25, 0.3) is 164 Å². The van der Waals surface area contributed by atoms with E-state index in [9.17, 15) is 0 Å². The van der Waals surface area contributed by atoms with E-state index in [0.29, 0.717) is 0 Å². The highest BCUT2D eigenvalue weighted by atomic mass is 15.0. The van der Waals surface area contributed by atoms with E-state index in [0.717, 1.165) is 13.1 Å². The fraction of sp³-hybridized carbons (Fsp3) is 0.0526. The lowest BCUT2D eigenvalue weighted by Crippen LogP contribution is -1.95. The van der Waals surface area contributed by atoms with Gasteiger partial charge in [0.15, 0.2) is 0 Å². The summed E-state index contributed by atoms with van der Waals surface area (Å²) in [5.41, 5.74) is 17.4. The zero-order chi connectivity index (χ0) is 51.6. The Bertz CT molecular complexity index is 4860. The van der Waals surface area contributed by atoms with Gasteiger partial charge in [0.1, 0.15) is 0 Å². The third-order valence-corrected chi connectivity index (χ3v) is 17.3. The van der Waals surface area contributed by atoms with Crippen LogP contribution in [0.2, 0.25) is 0 Å². The summed E-state index contributed by atoms with van der Waals surface area (Å²) in [5, 5.41) is 20.0. The Morgan fingerprint density at radius 2 is 0.551 bits per heavy atom. The summed E-state index contributed by atoms with van der Waals surface area (Å²) in [7, 11) is 0. The SMILES string of the molecule is CCn1c2ccccc2c2c(-c3cccc4c(-c5c6cccc(-c7ccc8ccccc8c7)c6cc6c(-c7ccc8ccccc8c7)cccc56)c5cccc(-c6cccc7c6c6ccccc6n7CC)c5cc34)cccc21. The number of hydrogen-bond donors (Lipinski definition) is 0. The van der Waals surface area contributed by atoms with Crippen LogP contribution in [0, 0.1) is 0 Å². The fourth-order valence-electron chi connectivity index (χ4n) is 13.9. The van der Waals surface area contributed by atoms with Crippen molar-refractivity contribution in [1.29, 1.82) is 0 Å². The number of benzene rings is 14. The van der Waals surface area contributed by atoms with Gasteiger partial charge in [-0.1, -0.05) is 206 Å². The molecule has 0 amide bonds. The number of para-hydroxylation sites is 2. The quantitative estimate of drug-likeness (QED) is 0.141. The number of aromatic nitrogens is 2. The predicted octanol–water partition coefficient (Wildman–Crippen LogP) is 21.2. The Morgan fingerprint density at radius 3 is 0.974 bits per heavy atom. The summed E-state index contributed by atoms with van der Waals surface area (Å²) in [6, 6.07) is 96.4. The Labute approximate surface area is 452 Å². The number of nitrogens with zero attached hydrogens (tertiary/aromatic N) is 2. The van der Waals surface area contributed by atoms with Crippen molar-refractivity contribution in [3.63, 3.8) is 0 Å². The maximum absolute atomic E-state index is 2.54. The van der Waals surface area contributed by atoms with Crippen LogP contribution in [-0.2, 0) is 13.1 Å². The number of hydrogen-bond acceptors (Lipinski definition) is 0. The standard InChI is InChI=1S/C76H52N2/c1-3-77-69-35-11-9-23-63(69)73-57(33-17-37-71(73)77)55-27-15-31-61-67(55)46-68-56(58-34-18-38-72-74(58)64-24-10-12-36-70(64)78(72)4-2)28-16-32-62(68)76(61)75-59-29-13-25-53(51-41-39-47-19-5-7-21-49(47)43-51)65(59)45-66-54(26-14-30-60(66)75)52-42-40-48-20-6-8-22-50(48)44-52/h5-46H,3-4H2,1-2H3. The van der Waals surface area contributed by atoms with E-state index >= 15 is 0 Å². The van der Waals surface area contributed by atoms with Crippen molar-refractivity contribution in [2.45, 2.75) is 26.9 Å². The lowest BCUT2D eigenvalue weighted by molar-refractivity contribution is 0.827. The van der Waals surface area contributed by atoms with Crippen LogP contribution in [0.1, 0.15) is 13.8 Å². The molecule has 78 heavy (non-hydrogen) atoms. The normalized spacial score (nSPS) is 12.1. The third-order valence-electron chi connectivity index (χ3n) is 17.3. The van der Waals surface area contributed by atoms with Gasteiger partial charge in [0.2, 0.25) is 0 Å². The van der Waals surface area contributed by atoms with Crippen LogP contribution in [-0.4, -0.2) is 9.13 Å². The van der Waals surface area contributed by atoms with Crippen molar-refractivity contribution in [3.8, 4) is 55.6 Å². The van der Waals surface area contributed by atoms with E-state index in [2.05, 4.69) is 278 Å². The largest absolute Gasteiger partial charge is 0.341 e. The van der Waals surface area contributed by atoms with Crippen molar-refractivity contribution >= 4 is 108 Å². The molecule has 0 bridgehead atoms. The van der Waals surface area contributed by atoms with Gasteiger partial charge < -0.3 is 9.13 Å². The summed E-state index contributed by atoms with van der Waals surface area (Å²) in [6.45, 7) is 6.30.